The summed E-state index contributed by atoms with van der Waals surface area (Å²) in [7, 11) is 0. The number of anilines is 1. The summed E-state index contributed by atoms with van der Waals surface area (Å²) in [4.78, 5) is 5.03. The molecule has 3 heterocycles. The molecule has 2 aliphatic heterocycles. The summed E-state index contributed by atoms with van der Waals surface area (Å²) in [6, 6.07) is 0.553. The summed E-state index contributed by atoms with van der Waals surface area (Å²) in [6.07, 6.45) is -3.89. The Morgan fingerprint density at radius 1 is 1.35 bits per heavy atom. The number of hydrogen-bond donors (Lipinski definition) is 0. The van der Waals surface area contributed by atoms with E-state index in [0.29, 0.717) is 6.20 Å². The molecule has 2 aliphatic rings. The highest BCUT2D eigenvalue weighted by atomic mass is 19.4. The second kappa shape index (κ2) is 4.20. The lowest BCUT2D eigenvalue weighted by Crippen LogP contribution is -2.53. The van der Waals surface area contributed by atoms with Gasteiger partial charge in [0.25, 0.3) is 5.92 Å². The fourth-order valence-corrected chi connectivity index (χ4v) is 2.51. The maximum atomic E-state index is 13.4. The molecule has 1 unspecified atom stereocenters. The highest BCUT2D eigenvalue weighted by Gasteiger charge is 2.44. The monoisotopic (exact) mass is 294 g/mol. The van der Waals surface area contributed by atoms with Gasteiger partial charge in [-0.15, -0.1) is 0 Å². The average Bonchev–Trinajstić information content (AvgIpc) is 2.36. The van der Waals surface area contributed by atoms with Crippen LogP contribution >= 0.6 is 0 Å². The van der Waals surface area contributed by atoms with Crippen LogP contribution in [0.2, 0.25) is 0 Å². The van der Waals surface area contributed by atoms with Gasteiger partial charge in [0.2, 0.25) is 0 Å². The number of piperidine rings is 1. The first kappa shape index (κ1) is 13.4. The molecular formula is C12H11F5N2O. The molecule has 0 saturated carbocycles. The molecule has 0 bridgehead atoms. The largest absolute Gasteiger partial charge is 0.488 e. The smallest absolute Gasteiger partial charge is 0.418 e. The van der Waals surface area contributed by atoms with Crippen molar-refractivity contribution in [2.75, 3.05) is 18.1 Å². The minimum atomic E-state index is -4.53. The molecule has 0 radical (unpaired) electrons. The van der Waals surface area contributed by atoms with Gasteiger partial charge in [0.15, 0.2) is 11.6 Å². The molecule has 110 valence electrons. The standard InChI is InChI=1S/C12H11F5N2O/c13-11(14)2-1-8-5-20-9-3-7(12(15,16)17)4-18-10(9)19(8)6-11/h3-4,8H,1-2,5-6H2. The molecule has 1 aromatic heterocycles. The number of ether oxygens (including phenoxy) is 1. The maximum absolute atomic E-state index is 13.4. The van der Waals surface area contributed by atoms with Crippen LogP contribution in [0.3, 0.4) is 0 Å². The molecule has 0 amide bonds. The van der Waals surface area contributed by atoms with Gasteiger partial charge in [-0.05, 0) is 12.5 Å². The van der Waals surface area contributed by atoms with Crippen molar-refractivity contribution < 1.29 is 26.7 Å². The average molecular weight is 294 g/mol. The number of alkyl halides is 5. The van der Waals surface area contributed by atoms with Crippen molar-refractivity contribution in [3.8, 4) is 5.75 Å². The Kier molecular flexibility index (Phi) is 2.81. The molecule has 1 atom stereocenters. The summed E-state index contributed by atoms with van der Waals surface area (Å²) >= 11 is 0. The van der Waals surface area contributed by atoms with Crippen LogP contribution in [0, 0.1) is 0 Å². The van der Waals surface area contributed by atoms with E-state index in [9.17, 15) is 22.0 Å². The molecule has 20 heavy (non-hydrogen) atoms. The lowest BCUT2D eigenvalue weighted by Gasteiger charge is -2.43. The molecule has 1 saturated heterocycles. The topological polar surface area (TPSA) is 25.4 Å². The van der Waals surface area contributed by atoms with E-state index >= 15 is 0 Å². The van der Waals surface area contributed by atoms with Crippen molar-refractivity contribution in [1.29, 1.82) is 0 Å². The summed E-state index contributed by atoms with van der Waals surface area (Å²) in [5, 5.41) is 0. The summed E-state index contributed by atoms with van der Waals surface area (Å²) in [6.45, 7) is -0.432. The molecule has 0 aliphatic carbocycles. The SMILES string of the molecule is FC1(F)CCC2COc3cc(C(F)(F)F)cnc3N2C1. The molecule has 0 spiro atoms. The van der Waals surface area contributed by atoms with Crippen molar-refractivity contribution in [1.82, 2.24) is 4.98 Å². The number of nitrogens with zero attached hydrogens (tertiary/aromatic N) is 2. The third-order valence-corrected chi connectivity index (χ3v) is 3.55. The van der Waals surface area contributed by atoms with Crippen molar-refractivity contribution in [3.63, 3.8) is 0 Å². The van der Waals surface area contributed by atoms with E-state index in [0.717, 1.165) is 6.07 Å². The Labute approximate surface area is 111 Å². The van der Waals surface area contributed by atoms with Gasteiger partial charge in [-0.3, -0.25) is 0 Å². The van der Waals surface area contributed by atoms with E-state index in [1.165, 1.54) is 4.90 Å². The van der Waals surface area contributed by atoms with Crippen molar-refractivity contribution in [2.45, 2.75) is 31.0 Å². The van der Waals surface area contributed by atoms with E-state index in [2.05, 4.69) is 4.98 Å². The van der Waals surface area contributed by atoms with Gasteiger partial charge in [0.05, 0.1) is 18.2 Å². The zero-order valence-corrected chi connectivity index (χ0v) is 10.3. The Morgan fingerprint density at radius 3 is 2.80 bits per heavy atom. The molecule has 3 nitrogen and oxygen atoms in total. The van der Waals surface area contributed by atoms with E-state index in [1.807, 2.05) is 0 Å². The van der Waals surface area contributed by atoms with Gasteiger partial charge in [0.1, 0.15) is 6.61 Å². The first-order chi connectivity index (χ1) is 9.26. The summed E-state index contributed by atoms with van der Waals surface area (Å²) in [5.74, 6) is -2.88. The van der Waals surface area contributed by atoms with Crippen LogP contribution in [-0.2, 0) is 6.18 Å². The zero-order chi connectivity index (χ0) is 14.5. The zero-order valence-electron chi connectivity index (χ0n) is 10.3. The highest BCUT2D eigenvalue weighted by Crippen LogP contribution is 2.41. The Bertz CT molecular complexity index is 531. The second-order valence-corrected chi connectivity index (χ2v) is 5.03. The number of pyridine rings is 1. The lowest BCUT2D eigenvalue weighted by atomic mass is 9.98. The normalized spacial score (nSPS) is 24.6. The molecule has 0 N–H and O–H groups in total. The fraction of sp³-hybridized carbons (Fsp3) is 0.583. The maximum Gasteiger partial charge on any atom is 0.418 e. The quantitative estimate of drug-likeness (QED) is 0.688. The van der Waals surface area contributed by atoms with Crippen LogP contribution in [0.1, 0.15) is 18.4 Å². The molecule has 3 rings (SSSR count). The first-order valence-corrected chi connectivity index (χ1v) is 6.11. The number of fused-ring (bicyclic) bond motifs is 3. The van der Waals surface area contributed by atoms with Crippen LogP contribution in [0.15, 0.2) is 12.3 Å². The molecule has 1 aromatic rings. The van der Waals surface area contributed by atoms with Gasteiger partial charge in [0, 0.05) is 12.6 Å². The third kappa shape index (κ3) is 2.27. The van der Waals surface area contributed by atoms with E-state index < -0.39 is 24.2 Å². The van der Waals surface area contributed by atoms with Crippen LogP contribution in [0.4, 0.5) is 27.8 Å². The minimum absolute atomic E-state index is 0.0635. The molecule has 8 heteroatoms. The highest BCUT2D eigenvalue weighted by molar-refractivity contribution is 5.57. The second-order valence-electron chi connectivity index (χ2n) is 5.03. The number of rotatable bonds is 0. The van der Waals surface area contributed by atoms with Crippen molar-refractivity contribution >= 4 is 5.82 Å². The Hall–Kier alpha value is -1.60. The van der Waals surface area contributed by atoms with Gasteiger partial charge in [-0.2, -0.15) is 13.2 Å². The molecular weight excluding hydrogens is 283 g/mol. The van der Waals surface area contributed by atoms with Crippen LogP contribution in [-0.4, -0.2) is 30.1 Å². The van der Waals surface area contributed by atoms with Gasteiger partial charge in [-0.25, -0.2) is 13.8 Å². The van der Waals surface area contributed by atoms with E-state index in [-0.39, 0.29) is 37.1 Å². The predicted octanol–water partition coefficient (Wildman–Crippen LogP) is 3.10. The Morgan fingerprint density at radius 2 is 2.10 bits per heavy atom. The minimum Gasteiger partial charge on any atom is -0.488 e. The van der Waals surface area contributed by atoms with E-state index in [4.69, 9.17) is 4.74 Å². The lowest BCUT2D eigenvalue weighted by molar-refractivity contribution is -0.138. The predicted molar refractivity (Wildman–Crippen MR) is 60.0 cm³/mol. The number of hydrogen-bond acceptors (Lipinski definition) is 3. The van der Waals surface area contributed by atoms with E-state index in [1.54, 1.807) is 0 Å². The van der Waals surface area contributed by atoms with Crippen molar-refractivity contribution in [2.24, 2.45) is 0 Å². The summed E-state index contributed by atoms with van der Waals surface area (Å²) < 4.78 is 69.9. The molecule has 0 aromatic carbocycles. The Balaban J connectivity index is 1.96. The first-order valence-electron chi connectivity index (χ1n) is 6.11. The fourth-order valence-electron chi connectivity index (χ4n) is 2.51. The van der Waals surface area contributed by atoms with Gasteiger partial charge < -0.3 is 9.64 Å². The van der Waals surface area contributed by atoms with Crippen LogP contribution in [0.25, 0.3) is 0 Å². The number of halogens is 5. The molecule has 1 fully saturated rings. The van der Waals surface area contributed by atoms with Crippen LogP contribution < -0.4 is 9.64 Å². The van der Waals surface area contributed by atoms with Crippen LogP contribution in [0.5, 0.6) is 5.75 Å². The number of aromatic nitrogens is 1. The third-order valence-electron chi connectivity index (χ3n) is 3.55. The van der Waals surface area contributed by atoms with Gasteiger partial charge in [-0.1, -0.05) is 0 Å². The van der Waals surface area contributed by atoms with Crippen molar-refractivity contribution in [3.05, 3.63) is 17.8 Å². The summed E-state index contributed by atoms with van der Waals surface area (Å²) in [5.41, 5.74) is -0.946. The van der Waals surface area contributed by atoms with Gasteiger partial charge >= 0.3 is 6.18 Å².